The third kappa shape index (κ3) is 4.88. The van der Waals surface area contributed by atoms with Crippen molar-refractivity contribution in [2.75, 3.05) is 20.3 Å². The van der Waals surface area contributed by atoms with Crippen LogP contribution in [0.4, 0.5) is 0 Å². The maximum absolute atomic E-state index is 5.75. The van der Waals surface area contributed by atoms with E-state index in [9.17, 15) is 0 Å². The van der Waals surface area contributed by atoms with E-state index in [0.29, 0.717) is 5.92 Å². The lowest BCUT2D eigenvalue weighted by molar-refractivity contribution is 0.192. The van der Waals surface area contributed by atoms with Crippen molar-refractivity contribution in [3.63, 3.8) is 0 Å². The molecule has 3 heteroatoms. The lowest BCUT2D eigenvalue weighted by Crippen LogP contribution is -2.14. The Balaban J connectivity index is 1.90. The lowest BCUT2D eigenvalue weighted by Gasteiger charge is -1.99. The van der Waals surface area contributed by atoms with E-state index in [4.69, 9.17) is 10.5 Å². The SMILES string of the molecule is COCCCCCN=C(N)C1CC1. The van der Waals surface area contributed by atoms with Crippen LogP contribution in [0.1, 0.15) is 32.1 Å². The van der Waals surface area contributed by atoms with Crippen LogP contribution < -0.4 is 5.73 Å². The van der Waals surface area contributed by atoms with Gasteiger partial charge in [0.1, 0.15) is 0 Å². The van der Waals surface area contributed by atoms with Crippen LogP contribution in [0, 0.1) is 5.92 Å². The number of methoxy groups -OCH3 is 1. The van der Waals surface area contributed by atoms with Crippen LogP contribution >= 0.6 is 0 Å². The maximum atomic E-state index is 5.75. The van der Waals surface area contributed by atoms with Crippen LogP contribution in [-0.2, 0) is 4.74 Å². The van der Waals surface area contributed by atoms with Gasteiger partial charge in [-0.05, 0) is 32.1 Å². The van der Waals surface area contributed by atoms with Crippen LogP contribution in [0.5, 0.6) is 0 Å². The van der Waals surface area contributed by atoms with Gasteiger partial charge in [0.2, 0.25) is 0 Å². The molecule has 0 aliphatic heterocycles. The van der Waals surface area contributed by atoms with Gasteiger partial charge in [0.25, 0.3) is 0 Å². The average molecular weight is 184 g/mol. The smallest absolute Gasteiger partial charge is 0.0968 e. The number of amidine groups is 1. The van der Waals surface area contributed by atoms with Gasteiger partial charge in [-0.1, -0.05) is 0 Å². The van der Waals surface area contributed by atoms with Crippen molar-refractivity contribution in [1.29, 1.82) is 0 Å². The fourth-order valence-electron chi connectivity index (χ4n) is 1.25. The second-order valence-corrected chi connectivity index (χ2v) is 3.63. The molecular weight excluding hydrogens is 164 g/mol. The number of ether oxygens (including phenoxy) is 1. The summed E-state index contributed by atoms with van der Waals surface area (Å²) in [5.74, 6) is 1.51. The lowest BCUT2D eigenvalue weighted by atomic mass is 10.2. The summed E-state index contributed by atoms with van der Waals surface area (Å²) >= 11 is 0. The van der Waals surface area contributed by atoms with E-state index >= 15 is 0 Å². The minimum atomic E-state index is 0.624. The molecule has 1 saturated carbocycles. The Kier molecular flexibility index (Phi) is 4.83. The van der Waals surface area contributed by atoms with Crippen LogP contribution in [-0.4, -0.2) is 26.1 Å². The minimum Gasteiger partial charge on any atom is -0.387 e. The molecule has 0 unspecified atom stereocenters. The molecule has 0 atom stereocenters. The van der Waals surface area contributed by atoms with Gasteiger partial charge in [-0.2, -0.15) is 0 Å². The van der Waals surface area contributed by atoms with Crippen molar-refractivity contribution in [2.45, 2.75) is 32.1 Å². The van der Waals surface area contributed by atoms with E-state index in [2.05, 4.69) is 4.99 Å². The predicted octanol–water partition coefficient (Wildman–Crippen LogP) is 1.57. The summed E-state index contributed by atoms with van der Waals surface area (Å²) < 4.78 is 4.96. The highest BCUT2D eigenvalue weighted by Crippen LogP contribution is 2.28. The van der Waals surface area contributed by atoms with E-state index in [0.717, 1.165) is 31.8 Å². The van der Waals surface area contributed by atoms with Gasteiger partial charge in [-0.25, -0.2) is 0 Å². The molecule has 3 nitrogen and oxygen atoms in total. The van der Waals surface area contributed by atoms with E-state index in [1.54, 1.807) is 7.11 Å². The Bertz CT molecular complexity index is 164. The summed E-state index contributed by atoms with van der Waals surface area (Å²) in [5.41, 5.74) is 5.75. The highest BCUT2D eigenvalue weighted by atomic mass is 16.5. The van der Waals surface area contributed by atoms with Gasteiger partial charge in [-0.15, -0.1) is 0 Å². The Morgan fingerprint density at radius 2 is 2.15 bits per heavy atom. The first kappa shape index (κ1) is 10.5. The van der Waals surface area contributed by atoms with E-state index in [-0.39, 0.29) is 0 Å². The third-order valence-corrected chi connectivity index (χ3v) is 2.30. The van der Waals surface area contributed by atoms with Gasteiger partial charge in [0.05, 0.1) is 5.84 Å². The van der Waals surface area contributed by atoms with Gasteiger partial charge >= 0.3 is 0 Å². The number of rotatable bonds is 7. The largest absolute Gasteiger partial charge is 0.387 e. The van der Waals surface area contributed by atoms with Crippen LogP contribution in [0.3, 0.4) is 0 Å². The second kappa shape index (κ2) is 5.97. The van der Waals surface area contributed by atoms with Crippen molar-refractivity contribution in [1.82, 2.24) is 0 Å². The number of hydrogen-bond acceptors (Lipinski definition) is 2. The summed E-state index contributed by atoms with van der Waals surface area (Å²) in [6, 6.07) is 0. The summed E-state index contributed by atoms with van der Waals surface area (Å²) in [6.07, 6.45) is 5.96. The Hall–Kier alpha value is -0.570. The standard InChI is InChI=1S/C10H20N2O/c1-13-8-4-2-3-7-12-10(11)9-5-6-9/h9H,2-8H2,1H3,(H2,11,12). The van der Waals surface area contributed by atoms with Crippen LogP contribution in [0.2, 0.25) is 0 Å². The molecule has 0 amide bonds. The molecule has 1 fully saturated rings. The molecule has 0 heterocycles. The molecule has 0 spiro atoms. The summed E-state index contributed by atoms with van der Waals surface area (Å²) in [4.78, 5) is 4.34. The normalized spacial score (nSPS) is 17.8. The zero-order valence-electron chi connectivity index (χ0n) is 8.46. The zero-order chi connectivity index (χ0) is 9.52. The molecule has 0 radical (unpaired) electrons. The zero-order valence-corrected chi connectivity index (χ0v) is 8.46. The Morgan fingerprint density at radius 1 is 1.38 bits per heavy atom. The molecule has 0 bridgehead atoms. The van der Waals surface area contributed by atoms with Crippen molar-refractivity contribution in [2.24, 2.45) is 16.6 Å². The van der Waals surface area contributed by atoms with Gasteiger partial charge < -0.3 is 10.5 Å². The quantitative estimate of drug-likeness (QED) is 0.371. The van der Waals surface area contributed by atoms with Crippen LogP contribution in [0.15, 0.2) is 4.99 Å². The first-order chi connectivity index (χ1) is 6.34. The summed E-state index contributed by atoms with van der Waals surface area (Å²) in [5, 5.41) is 0. The molecule has 76 valence electrons. The topological polar surface area (TPSA) is 47.6 Å². The van der Waals surface area contributed by atoms with Crippen molar-refractivity contribution in [3.8, 4) is 0 Å². The summed E-state index contributed by atoms with van der Waals surface area (Å²) in [7, 11) is 1.74. The first-order valence-corrected chi connectivity index (χ1v) is 5.13. The number of nitrogens with two attached hydrogens (primary N) is 1. The van der Waals surface area contributed by atoms with E-state index < -0.39 is 0 Å². The number of hydrogen-bond donors (Lipinski definition) is 1. The van der Waals surface area contributed by atoms with Gasteiger partial charge in [0.15, 0.2) is 0 Å². The van der Waals surface area contributed by atoms with Crippen molar-refractivity contribution < 1.29 is 4.74 Å². The average Bonchev–Trinajstić information content (AvgIpc) is 2.93. The highest BCUT2D eigenvalue weighted by Gasteiger charge is 2.24. The maximum Gasteiger partial charge on any atom is 0.0968 e. The van der Waals surface area contributed by atoms with Crippen LogP contribution in [0.25, 0.3) is 0 Å². The molecule has 0 aromatic heterocycles. The molecule has 1 aliphatic carbocycles. The van der Waals surface area contributed by atoms with Gasteiger partial charge in [-0.3, -0.25) is 4.99 Å². The summed E-state index contributed by atoms with van der Waals surface area (Å²) in [6.45, 7) is 1.76. The number of aliphatic imine (C=N–C) groups is 1. The highest BCUT2D eigenvalue weighted by molar-refractivity contribution is 5.84. The Morgan fingerprint density at radius 3 is 2.77 bits per heavy atom. The van der Waals surface area contributed by atoms with E-state index in [1.165, 1.54) is 19.3 Å². The predicted molar refractivity (Wildman–Crippen MR) is 54.9 cm³/mol. The Labute approximate surface area is 80.4 Å². The molecule has 13 heavy (non-hydrogen) atoms. The fourth-order valence-corrected chi connectivity index (χ4v) is 1.25. The molecule has 0 saturated heterocycles. The molecule has 2 N–H and O–H groups in total. The third-order valence-electron chi connectivity index (χ3n) is 2.30. The molecule has 1 aliphatic rings. The molecule has 0 aromatic carbocycles. The molecule has 0 aromatic rings. The van der Waals surface area contributed by atoms with Crippen molar-refractivity contribution in [3.05, 3.63) is 0 Å². The van der Waals surface area contributed by atoms with E-state index in [1.807, 2.05) is 0 Å². The fraction of sp³-hybridized carbons (Fsp3) is 0.900. The molecular formula is C10H20N2O. The minimum absolute atomic E-state index is 0.624. The monoisotopic (exact) mass is 184 g/mol. The van der Waals surface area contributed by atoms with Crippen molar-refractivity contribution >= 4 is 5.84 Å². The first-order valence-electron chi connectivity index (χ1n) is 5.13. The second-order valence-electron chi connectivity index (χ2n) is 3.63. The van der Waals surface area contributed by atoms with Gasteiger partial charge in [0, 0.05) is 26.2 Å². The number of unbranched alkanes of at least 4 members (excludes halogenated alkanes) is 2. The molecule has 1 rings (SSSR count). The number of nitrogens with zero attached hydrogens (tertiary/aromatic N) is 1.